The molecule has 3 rings (SSSR count). The largest absolute Gasteiger partial charge is 0.484 e. The minimum Gasteiger partial charge on any atom is -0.484 e. The van der Waals surface area contributed by atoms with Crippen LogP contribution in [0, 0.1) is 23.3 Å². The number of carbonyl (C=O) groups is 2. The molecular formula is C21H13F4NO3. The van der Waals surface area contributed by atoms with E-state index in [9.17, 15) is 27.2 Å². The van der Waals surface area contributed by atoms with Crippen molar-refractivity contribution in [2.45, 2.75) is 0 Å². The number of anilines is 1. The highest BCUT2D eigenvalue weighted by atomic mass is 19.2. The Morgan fingerprint density at radius 1 is 0.759 bits per heavy atom. The first-order chi connectivity index (χ1) is 13.8. The highest BCUT2D eigenvalue weighted by molar-refractivity contribution is 6.09. The molecule has 148 valence electrons. The number of benzene rings is 3. The Morgan fingerprint density at radius 3 is 1.97 bits per heavy atom. The Balaban J connectivity index is 1.59. The van der Waals surface area contributed by atoms with E-state index >= 15 is 0 Å². The molecule has 0 aliphatic carbocycles. The summed E-state index contributed by atoms with van der Waals surface area (Å²) >= 11 is 0. The van der Waals surface area contributed by atoms with Gasteiger partial charge in [0.1, 0.15) is 11.6 Å². The van der Waals surface area contributed by atoms with Gasteiger partial charge in [-0.2, -0.15) is 0 Å². The van der Waals surface area contributed by atoms with E-state index in [-0.39, 0.29) is 11.5 Å². The number of ether oxygens (including phenoxy) is 1. The number of amides is 1. The molecule has 0 saturated heterocycles. The third-order valence-electron chi connectivity index (χ3n) is 3.90. The first-order valence-electron chi connectivity index (χ1n) is 8.31. The molecule has 0 fully saturated rings. The van der Waals surface area contributed by atoms with Gasteiger partial charge in [0.2, 0.25) is 0 Å². The summed E-state index contributed by atoms with van der Waals surface area (Å²) in [4.78, 5) is 24.1. The van der Waals surface area contributed by atoms with Crippen molar-refractivity contribution in [2.24, 2.45) is 0 Å². The number of halogens is 4. The van der Waals surface area contributed by atoms with E-state index < -0.39 is 41.5 Å². The van der Waals surface area contributed by atoms with Gasteiger partial charge >= 0.3 is 0 Å². The van der Waals surface area contributed by atoms with Gasteiger partial charge in [0.15, 0.2) is 29.8 Å². The fraction of sp³-hybridized carbons (Fsp3) is 0.0476. The maximum absolute atomic E-state index is 13.5. The lowest BCUT2D eigenvalue weighted by Crippen LogP contribution is -2.21. The zero-order chi connectivity index (χ0) is 21.0. The lowest BCUT2D eigenvalue weighted by atomic mass is 10.0. The van der Waals surface area contributed by atoms with Gasteiger partial charge in [-0.05, 0) is 60.7 Å². The number of carbonyl (C=O) groups excluding carboxylic acids is 2. The van der Waals surface area contributed by atoms with Crippen LogP contribution in [0.1, 0.15) is 15.9 Å². The van der Waals surface area contributed by atoms with Crippen LogP contribution in [0.15, 0.2) is 60.7 Å². The van der Waals surface area contributed by atoms with E-state index in [1.165, 1.54) is 48.5 Å². The molecule has 0 unspecified atom stereocenters. The summed E-state index contributed by atoms with van der Waals surface area (Å²) < 4.78 is 57.8. The van der Waals surface area contributed by atoms with Gasteiger partial charge in [0, 0.05) is 11.1 Å². The second kappa shape index (κ2) is 8.55. The van der Waals surface area contributed by atoms with Crippen LogP contribution in [0.5, 0.6) is 5.75 Å². The lowest BCUT2D eigenvalue weighted by Gasteiger charge is -2.09. The highest BCUT2D eigenvalue weighted by Crippen LogP contribution is 2.20. The van der Waals surface area contributed by atoms with Crippen LogP contribution in [0.3, 0.4) is 0 Å². The quantitative estimate of drug-likeness (QED) is 0.375. The number of rotatable bonds is 6. The topological polar surface area (TPSA) is 55.4 Å². The van der Waals surface area contributed by atoms with Crippen molar-refractivity contribution in [3.05, 3.63) is 95.1 Å². The fourth-order valence-electron chi connectivity index (χ4n) is 2.43. The average molecular weight is 403 g/mol. The van der Waals surface area contributed by atoms with Crippen LogP contribution >= 0.6 is 0 Å². The molecule has 0 spiro atoms. The monoisotopic (exact) mass is 403 g/mol. The Hall–Kier alpha value is -3.68. The molecule has 3 aromatic carbocycles. The summed E-state index contributed by atoms with van der Waals surface area (Å²) in [7, 11) is 0. The van der Waals surface area contributed by atoms with Crippen LogP contribution in [-0.2, 0) is 4.79 Å². The minimum absolute atomic E-state index is 0.251. The predicted octanol–water partition coefficient (Wildman–Crippen LogP) is 4.49. The third kappa shape index (κ3) is 4.78. The first-order valence-corrected chi connectivity index (χ1v) is 8.31. The average Bonchev–Trinajstić information content (AvgIpc) is 2.73. The van der Waals surface area contributed by atoms with Gasteiger partial charge in [0.25, 0.3) is 5.91 Å². The van der Waals surface area contributed by atoms with Crippen LogP contribution in [-0.4, -0.2) is 18.3 Å². The summed E-state index contributed by atoms with van der Waals surface area (Å²) in [5.74, 6) is -5.88. The van der Waals surface area contributed by atoms with Crippen molar-refractivity contribution in [1.82, 2.24) is 0 Å². The molecule has 0 aromatic heterocycles. The SMILES string of the molecule is O=C(COc1ccc(C(=O)c2ccc(F)cc2)cc1)Nc1ccc(F)c(F)c1F. The van der Waals surface area contributed by atoms with Gasteiger partial charge < -0.3 is 10.1 Å². The maximum Gasteiger partial charge on any atom is 0.262 e. The third-order valence-corrected chi connectivity index (χ3v) is 3.90. The van der Waals surface area contributed by atoms with Crippen molar-refractivity contribution in [1.29, 1.82) is 0 Å². The van der Waals surface area contributed by atoms with E-state index in [1.807, 2.05) is 0 Å². The van der Waals surface area contributed by atoms with Crippen LogP contribution in [0.2, 0.25) is 0 Å². The number of nitrogens with one attached hydrogen (secondary N) is 1. The number of hydrogen-bond donors (Lipinski definition) is 1. The minimum atomic E-state index is -1.69. The lowest BCUT2D eigenvalue weighted by molar-refractivity contribution is -0.118. The molecule has 0 bridgehead atoms. The van der Waals surface area contributed by atoms with E-state index in [0.29, 0.717) is 17.2 Å². The van der Waals surface area contributed by atoms with Gasteiger partial charge in [-0.3, -0.25) is 9.59 Å². The fourth-order valence-corrected chi connectivity index (χ4v) is 2.43. The second-order valence-corrected chi connectivity index (χ2v) is 5.92. The number of ketones is 1. The van der Waals surface area contributed by atoms with Crippen LogP contribution in [0.25, 0.3) is 0 Å². The molecule has 0 aliphatic heterocycles. The molecule has 4 nitrogen and oxygen atoms in total. The summed E-state index contributed by atoms with van der Waals surface area (Å²) in [6, 6.07) is 12.5. The molecule has 0 radical (unpaired) electrons. The van der Waals surface area contributed by atoms with Gasteiger partial charge in [-0.15, -0.1) is 0 Å². The Bertz CT molecular complexity index is 1050. The van der Waals surface area contributed by atoms with Crippen LogP contribution < -0.4 is 10.1 Å². The summed E-state index contributed by atoms with van der Waals surface area (Å²) in [6.45, 7) is -0.524. The molecule has 3 aromatic rings. The van der Waals surface area contributed by atoms with Gasteiger partial charge in [-0.25, -0.2) is 17.6 Å². The number of hydrogen-bond acceptors (Lipinski definition) is 3. The van der Waals surface area contributed by atoms with Crippen molar-refractivity contribution < 1.29 is 31.9 Å². The van der Waals surface area contributed by atoms with Crippen LogP contribution in [0.4, 0.5) is 23.2 Å². The van der Waals surface area contributed by atoms with E-state index in [2.05, 4.69) is 5.32 Å². The molecule has 1 amide bonds. The smallest absolute Gasteiger partial charge is 0.262 e. The van der Waals surface area contributed by atoms with Gasteiger partial charge in [0.05, 0.1) is 5.69 Å². The summed E-state index contributed by atoms with van der Waals surface area (Å²) in [6.07, 6.45) is 0. The molecule has 0 aliphatic rings. The second-order valence-electron chi connectivity index (χ2n) is 5.92. The van der Waals surface area contributed by atoms with Crippen molar-refractivity contribution in [3.8, 4) is 5.75 Å². The molecule has 29 heavy (non-hydrogen) atoms. The molecule has 0 atom stereocenters. The zero-order valence-electron chi connectivity index (χ0n) is 14.7. The normalized spacial score (nSPS) is 10.5. The Morgan fingerprint density at radius 2 is 1.34 bits per heavy atom. The Labute approximate surface area is 162 Å². The standard InChI is InChI=1S/C21H13F4NO3/c22-14-5-1-12(2-6-14)21(28)13-3-7-15(8-4-13)29-11-18(27)26-17-10-9-16(23)19(24)20(17)25/h1-10H,11H2,(H,26,27). The summed E-state index contributed by atoms with van der Waals surface area (Å²) in [5, 5.41) is 2.07. The predicted molar refractivity (Wildman–Crippen MR) is 96.7 cm³/mol. The van der Waals surface area contributed by atoms with Crippen molar-refractivity contribution in [3.63, 3.8) is 0 Å². The molecule has 1 N–H and O–H groups in total. The first kappa shape index (κ1) is 20.1. The Kier molecular flexibility index (Phi) is 5.92. The zero-order valence-corrected chi connectivity index (χ0v) is 14.7. The molecular weight excluding hydrogens is 390 g/mol. The highest BCUT2D eigenvalue weighted by Gasteiger charge is 2.15. The van der Waals surface area contributed by atoms with Gasteiger partial charge in [-0.1, -0.05) is 0 Å². The van der Waals surface area contributed by atoms with Crippen molar-refractivity contribution >= 4 is 17.4 Å². The molecule has 8 heteroatoms. The molecule has 0 heterocycles. The molecule has 0 saturated carbocycles. The van der Waals surface area contributed by atoms with E-state index in [1.54, 1.807) is 0 Å². The van der Waals surface area contributed by atoms with Crippen molar-refractivity contribution in [2.75, 3.05) is 11.9 Å². The van der Waals surface area contributed by atoms with E-state index in [4.69, 9.17) is 4.74 Å². The summed E-state index contributed by atoms with van der Waals surface area (Å²) in [5.41, 5.74) is 0.128. The maximum atomic E-state index is 13.5. The van der Waals surface area contributed by atoms with E-state index in [0.717, 1.165) is 6.07 Å².